The molecule has 0 saturated carbocycles. The number of carbonyl (C=O) groups excluding carboxylic acids is 2. The average molecular weight is 487 g/mol. The Labute approximate surface area is 196 Å². The molecule has 1 aliphatic heterocycles. The second kappa shape index (κ2) is 8.58. The van der Waals surface area contributed by atoms with Crippen LogP contribution in [-0.2, 0) is 9.59 Å². The van der Waals surface area contributed by atoms with Gasteiger partial charge in [0, 0.05) is 10.6 Å². The Bertz CT molecular complexity index is 1310. The van der Waals surface area contributed by atoms with Gasteiger partial charge in [-0.05, 0) is 72.9 Å². The van der Waals surface area contributed by atoms with Crippen LogP contribution in [0.4, 0.5) is 5.69 Å². The van der Waals surface area contributed by atoms with Crippen LogP contribution in [0.15, 0.2) is 64.6 Å². The highest BCUT2D eigenvalue weighted by Crippen LogP contribution is 2.32. The first-order valence-corrected chi connectivity index (χ1v) is 10.2. The van der Waals surface area contributed by atoms with Crippen LogP contribution in [0.2, 0.25) is 10.0 Å². The lowest BCUT2D eigenvalue weighted by molar-refractivity contribution is -0.122. The molecular weight excluding hydrogens is 475 g/mol. The number of carbonyl (C=O) groups is 3. The van der Waals surface area contributed by atoms with Gasteiger partial charge in [-0.1, -0.05) is 23.2 Å². The summed E-state index contributed by atoms with van der Waals surface area (Å²) >= 11 is 17.4. The lowest BCUT2D eigenvalue weighted by Gasteiger charge is -2.28. The van der Waals surface area contributed by atoms with E-state index < -0.39 is 17.8 Å². The maximum Gasteiger partial charge on any atom is 0.335 e. The number of aromatic carboxylic acids is 1. The van der Waals surface area contributed by atoms with Crippen molar-refractivity contribution in [2.75, 3.05) is 4.90 Å². The number of rotatable bonds is 4. The molecule has 0 unspecified atom stereocenters. The van der Waals surface area contributed by atoms with E-state index in [1.165, 1.54) is 30.3 Å². The van der Waals surface area contributed by atoms with Crippen LogP contribution in [0.25, 0.3) is 17.4 Å². The molecule has 7 nitrogen and oxygen atoms in total. The number of anilines is 1. The van der Waals surface area contributed by atoms with Crippen molar-refractivity contribution in [1.29, 1.82) is 0 Å². The van der Waals surface area contributed by atoms with Crippen LogP contribution in [0.1, 0.15) is 16.1 Å². The zero-order valence-corrected chi connectivity index (χ0v) is 18.3. The molecule has 2 N–H and O–H groups in total. The van der Waals surface area contributed by atoms with E-state index in [2.05, 4.69) is 5.32 Å². The molecule has 10 heteroatoms. The first kappa shape index (κ1) is 21.8. The Morgan fingerprint density at radius 1 is 1.06 bits per heavy atom. The molecule has 1 saturated heterocycles. The van der Waals surface area contributed by atoms with Crippen molar-refractivity contribution in [3.05, 3.63) is 81.5 Å². The highest BCUT2D eigenvalue weighted by atomic mass is 35.5. The number of carboxylic acid groups (broad SMARTS) is 1. The van der Waals surface area contributed by atoms with E-state index in [1.807, 2.05) is 0 Å². The van der Waals surface area contributed by atoms with Crippen LogP contribution in [-0.4, -0.2) is 28.0 Å². The number of hydrogen-bond acceptors (Lipinski definition) is 5. The van der Waals surface area contributed by atoms with Crippen molar-refractivity contribution in [1.82, 2.24) is 5.32 Å². The van der Waals surface area contributed by atoms with Gasteiger partial charge in [-0.15, -0.1) is 0 Å². The van der Waals surface area contributed by atoms with Gasteiger partial charge in [0.1, 0.15) is 17.1 Å². The average Bonchev–Trinajstić information content (AvgIpc) is 3.21. The zero-order chi connectivity index (χ0) is 23.0. The Kier molecular flexibility index (Phi) is 5.84. The maximum atomic E-state index is 13.1. The molecule has 2 heterocycles. The van der Waals surface area contributed by atoms with Gasteiger partial charge >= 0.3 is 5.97 Å². The van der Waals surface area contributed by atoms with E-state index in [-0.39, 0.29) is 22.0 Å². The Morgan fingerprint density at radius 2 is 1.78 bits per heavy atom. The molecule has 4 rings (SSSR count). The van der Waals surface area contributed by atoms with Crippen molar-refractivity contribution < 1.29 is 23.9 Å². The molecule has 1 aromatic heterocycles. The third-order valence-electron chi connectivity index (χ3n) is 4.58. The fraction of sp³-hybridized carbons (Fsp3) is 0. The summed E-state index contributed by atoms with van der Waals surface area (Å²) in [5.74, 6) is -1.82. The molecular formula is C22H12Cl2N2O5S. The van der Waals surface area contributed by atoms with Gasteiger partial charge in [-0.2, -0.15) is 0 Å². The van der Waals surface area contributed by atoms with Gasteiger partial charge in [-0.3, -0.25) is 19.8 Å². The minimum absolute atomic E-state index is 0.0479. The van der Waals surface area contributed by atoms with Gasteiger partial charge in [0.15, 0.2) is 5.11 Å². The zero-order valence-electron chi connectivity index (χ0n) is 16.0. The predicted octanol–water partition coefficient (Wildman–Crippen LogP) is 4.78. The van der Waals surface area contributed by atoms with Crippen molar-refractivity contribution >= 4 is 70.1 Å². The molecule has 160 valence electrons. The maximum absolute atomic E-state index is 13.1. The largest absolute Gasteiger partial charge is 0.478 e. The molecule has 0 atom stereocenters. The number of hydrogen-bond donors (Lipinski definition) is 2. The first-order chi connectivity index (χ1) is 15.2. The minimum Gasteiger partial charge on any atom is -0.478 e. The van der Waals surface area contributed by atoms with Crippen LogP contribution < -0.4 is 10.2 Å². The van der Waals surface area contributed by atoms with Gasteiger partial charge in [0.2, 0.25) is 0 Å². The number of nitrogens with one attached hydrogen (secondary N) is 1. The minimum atomic E-state index is -1.11. The van der Waals surface area contributed by atoms with Gasteiger partial charge in [0.25, 0.3) is 11.8 Å². The SMILES string of the molecule is O=C1NC(=S)N(c2ccc(C(=O)O)cc2)C(=O)/C1=C/c1ccc(-c2cc(Cl)ccc2Cl)o1. The third kappa shape index (κ3) is 4.16. The summed E-state index contributed by atoms with van der Waals surface area (Å²) in [7, 11) is 0. The Balaban J connectivity index is 1.67. The summed E-state index contributed by atoms with van der Waals surface area (Å²) < 4.78 is 5.75. The molecule has 0 aliphatic carbocycles. The third-order valence-corrected chi connectivity index (χ3v) is 5.43. The molecule has 2 amide bonds. The van der Waals surface area contributed by atoms with Crippen molar-refractivity contribution in [3.63, 3.8) is 0 Å². The van der Waals surface area contributed by atoms with Crippen molar-refractivity contribution in [2.24, 2.45) is 0 Å². The number of thiocarbonyl (C=S) groups is 1. The van der Waals surface area contributed by atoms with E-state index in [4.69, 9.17) is 44.9 Å². The summed E-state index contributed by atoms with van der Waals surface area (Å²) in [5, 5.41) is 12.3. The fourth-order valence-electron chi connectivity index (χ4n) is 3.05. The molecule has 32 heavy (non-hydrogen) atoms. The molecule has 1 aliphatic rings. The molecule has 0 bridgehead atoms. The second-order valence-electron chi connectivity index (χ2n) is 6.64. The normalized spacial score (nSPS) is 15.2. The van der Waals surface area contributed by atoms with Gasteiger partial charge in [-0.25, -0.2) is 4.79 Å². The molecule has 2 aromatic carbocycles. The number of benzene rings is 2. The van der Waals surface area contributed by atoms with Crippen LogP contribution in [0.5, 0.6) is 0 Å². The van der Waals surface area contributed by atoms with Crippen molar-refractivity contribution in [2.45, 2.75) is 0 Å². The van der Waals surface area contributed by atoms with E-state index >= 15 is 0 Å². The highest BCUT2D eigenvalue weighted by Gasteiger charge is 2.34. The van der Waals surface area contributed by atoms with E-state index in [1.54, 1.807) is 30.3 Å². The summed E-state index contributed by atoms with van der Waals surface area (Å²) in [5.41, 5.74) is 0.706. The highest BCUT2D eigenvalue weighted by molar-refractivity contribution is 7.80. The number of nitrogens with zero attached hydrogens (tertiary/aromatic N) is 1. The van der Waals surface area contributed by atoms with Crippen LogP contribution >= 0.6 is 35.4 Å². The van der Waals surface area contributed by atoms with Gasteiger partial charge < -0.3 is 9.52 Å². The summed E-state index contributed by atoms with van der Waals surface area (Å²) in [4.78, 5) is 37.7. The second-order valence-corrected chi connectivity index (χ2v) is 7.87. The van der Waals surface area contributed by atoms with E-state index in [0.717, 1.165) is 4.90 Å². The standard InChI is InChI=1S/C22H12Cl2N2O5S/c23-12-3-7-17(24)15(9-12)18-8-6-14(31-18)10-16-19(27)25-22(32)26(20(16)28)13-4-1-11(2-5-13)21(29)30/h1-10H,(H,29,30)(H,25,27,32)/b16-10+. The number of amides is 2. The van der Waals surface area contributed by atoms with Gasteiger partial charge in [0.05, 0.1) is 16.3 Å². The number of furan rings is 1. The smallest absolute Gasteiger partial charge is 0.335 e. The number of carboxylic acids is 1. The Hall–Kier alpha value is -3.46. The summed E-state index contributed by atoms with van der Waals surface area (Å²) in [6.07, 6.45) is 1.29. The molecule has 0 spiro atoms. The van der Waals surface area contributed by atoms with E-state index in [9.17, 15) is 14.4 Å². The lowest BCUT2D eigenvalue weighted by atomic mass is 10.1. The van der Waals surface area contributed by atoms with Crippen molar-refractivity contribution in [3.8, 4) is 11.3 Å². The quantitative estimate of drug-likeness (QED) is 0.312. The fourth-order valence-corrected chi connectivity index (χ4v) is 3.71. The summed E-state index contributed by atoms with van der Waals surface area (Å²) in [6.45, 7) is 0. The monoisotopic (exact) mass is 486 g/mol. The Morgan fingerprint density at radius 3 is 2.47 bits per heavy atom. The molecule has 0 radical (unpaired) electrons. The number of halogens is 2. The first-order valence-electron chi connectivity index (χ1n) is 9.04. The molecule has 3 aromatic rings. The lowest BCUT2D eigenvalue weighted by Crippen LogP contribution is -2.54. The van der Waals surface area contributed by atoms with E-state index in [0.29, 0.717) is 27.1 Å². The molecule has 1 fully saturated rings. The van der Waals surface area contributed by atoms with Crippen LogP contribution in [0.3, 0.4) is 0 Å². The van der Waals surface area contributed by atoms with Crippen LogP contribution in [0, 0.1) is 0 Å². The summed E-state index contributed by atoms with van der Waals surface area (Å²) in [6, 6.07) is 13.7. The predicted molar refractivity (Wildman–Crippen MR) is 124 cm³/mol. The topological polar surface area (TPSA) is 99.9 Å².